The average Bonchev–Trinajstić information content (AvgIpc) is 3.05. The number of aromatic nitrogens is 3. The minimum atomic E-state index is -0.197. The Morgan fingerprint density at radius 1 is 1.22 bits per heavy atom. The van der Waals surface area contributed by atoms with Crippen molar-refractivity contribution in [3.63, 3.8) is 0 Å². The predicted molar refractivity (Wildman–Crippen MR) is 92.9 cm³/mol. The molecule has 0 atom stereocenters. The molecule has 9 heteroatoms. The predicted octanol–water partition coefficient (Wildman–Crippen LogP) is 1.08. The number of pyridine rings is 1. The monoisotopic (exact) mass is 361 g/mol. The largest absolute Gasteiger partial charge is 0.383 e. The molecule has 0 bridgehead atoms. The van der Waals surface area contributed by atoms with E-state index in [9.17, 15) is 4.79 Å². The number of hydrogen-bond donors (Lipinski definition) is 2. The first-order chi connectivity index (χ1) is 10.3. The van der Waals surface area contributed by atoms with Crippen molar-refractivity contribution in [2.24, 2.45) is 0 Å². The van der Waals surface area contributed by atoms with Crippen molar-refractivity contribution in [3.8, 4) is 5.82 Å². The maximum absolute atomic E-state index is 12.0. The summed E-state index contributed by atoms with van der Waals surface area (Å²) in [6.07, 6.45) is 3.45. The summed E-state index contributed by atoms with van der Waals surface area (Å²) in [5.41, 5.74) is 0.375. The second-order valence-electron chi connectivity index (χ2n) is 4.33. The van der Waals surface area contributed by atoms with Crippen LogP contribution in [0.15, 0.2) is 36.7 Å². The van der Waals surface area contributed by atoms with Gasteiger partial charge in [0.1, 0.15) is 5.69 Å². The van der Waals surface area contributed by atoms with Crippen molar-refractivity contribution in [3.05, 3.63) is 42.4 Å². The summed E-state index contributed by atoms with van der Waals surface area (Å²) >= 11 is 0. The number of amides is 1. The van der Waals surface area contributed by atoms with Crippen LogP contribution < -0.4 is 10.6 Å². The van der Waals surface area contributed by atoms with Crippen LogP contribution in [-0.4, -0.2) is 54.0 Å². The number of methoxy groups -OCH3 is 1. The van der Waals surface area contributed by atoms with Gasteiger partial charge in [-0.15, -0.1) is 24.8 Å². The summed E-state index contributed by atoms with van der Waals surface area (Å²) in [5, 5.41) is 10.1. The molecule has 0 aliphatic carbocycles. The Hall–Kier alpha value is -1.67. The number of carbonyl (C=O) groups is 1. The fourth-order valence-electron chi connectivity index (χ4n) is 1.74. The molecule has 128 valence electrons. The fraction of sp³-hybridized carbons (Fsp3) is 0.357. The van der Waals surface area contributed by atoms with Crippen LogP contribution in [0.5, 0.6) is 0 Å². The van der Waals surface area contributed by atoms with Gasteiger partial charge in [-0.1, -0.05) is 6.07 Å². The lowest BCUT2D eigenvalue weighted by Gasteiger charge is -2.07. The van der Waals surface area contributed by atoms with E-state index in [1.54, 1.807) is 48.5 Å². The lowest BCUT2D eigenvalue weighted by Crippen LogP contribution is -2.33. The van der Waals surface area contributed by atoms with Gasteiger partial charge in [-0.2, -0.15) is 5.10 Å². The van der Waals surface area contributed by atoms with Crippen LogP contribution in [0.3, 0.4) is 0 Å². The first kappa shape index (κ1) is 21.3. The Morgan fingerprint density at radius 3 is 2.74 bits per heavy atom. The summed E-state index contributed by atoms with van der Waals surface area (Å²) < 4.78 is 6.53. The van der Waals surface area contributed by atoms with Gasteiger partial charge in [0.15, 0.2) is 5.82 Å². The zero-order chi connectivity index (χ0) is 14.9. The molecule has 2 heterocycles. The molecule has 0 spiro atoms. The van der Waals surface area contributed by atoms with Crippen LogP contribution in [0, 0.1) is 0 Å². The standard InChI is InChI=1S/C14H19N5O2.2ClH/c1-21-11-9-15-7-8-16-14(20)12-4-2-5-13(18-12)19-10-3-6-17-19;;/h2-6,10,15H,7-9,11H2,1H3,(H,16,20);2*1H. The quantitative estimate of drug-likeness (QED) is 0.687. The highest BCUT2D eigenvalue weighted by atomic mass is 35.5. The molecule has 23 heavy (non-hydrogen) atoms. The first-order valence-electron chi connectivity index (χ1n) is 6.76. The third-order valence-electron chi connectivity index (χ3n) is 2.78. The normalized spacial score (nSPS) is 9.61. The molecule has 0 aliphatic heterocycles. The number of nitrogens with one attached hydrogen (secondary N) is 2. The molecule has 0 fully saturated rings. The number of hydrogen-bond acceptors (Lipinski definition) is 5. The Bertz CT molecular complexity index is 566. The lowest BCUT2D eigenvalue weighted by atomic mass is 10.3. The van der Waals surface area contributed by atoms with E-state index in [1.165, 1.54) is 0 Å². The Kier molecular flexibility index (Phi) is 11.0. The molecule has 1 amide bonds. The van der Waals surface area contributed by atoms with Crippen LogP contribution in [-0.2, 0) is 4.74 Å². The molecule has 0 saturated heterocycles. The van der Waals surface area contributed by atoms with Crippen molar-refractivity contribution in [1.29, 1.82) is 0 Å². The van der Waals surface area contributed by atoms with Crippen molar-refractivity contribution >= 4 is 30.7 Å². The zero-order valence-electron chi connectivity index (χ0n) is 12.8. The summed E-state index contributed by atoms with van der Waals surface area (Å²) in [4.78, 5) is 16.3. The van der Waals surface area contributed by atoms with E-state index in [-0.39, 0.29) is 30.7 Å². The summed E-state index contributed by atoms with van der Waals surface area (Å²) in [6, 6.07) is 7.08. The van der Waals surface area contributed by atoms with Crippen LogP contribution >= 0.6 is 24.8 Å². The highest BCUT2D eigenvalue weighted by molar-refractivity contribution is 5.92. The van der Waals surface area contributed by atoms with Crippen LogP contribution in [0.4, 0.5) is 0 Å². The molecule has 0 unspecified atom stereocenters. The number of carbonyl (C=O) groups excluding carboxylic acids is 1. The average molecular weight is 362 g/mol. The van der Waals surface area contributed by atoms with E-state index in [2.05, 4.69) is 20.7 Å². The third kappa shape index (κ3) is 6.96. The van der Waals surface area contributed by atoms with Gasteiger partial charge in [0, 0.05) is 39.1 Å². The molecule has 2 rings (SSSR count). The van der Waals surface area contributed by atoms with Gasteiger partial charge >= 0.3 is 0 Å². The molecule has 0 aliphatic rings. The molecule has 0 aromatic carbocycles. The Balaban J connectivity index is 0.00000242. The SMILES string of the molecule is COCCNCCNC(=O)c1cccc(-n2cccn2)n1.Cl.Cl. The fourth-order valence-corrected chi connectivity index (χ4v) is 1.74. The van der Waals surface area contributed by atoms with Gasteiger partial charge in [0.05, 0.1) is 6.61 Å². The Labute approximate surface area is 147 Å². The van der Waals surface area contributed by atoms with E-state index in [0.29, 0.717) is 31.2 Å². The second-order valence-corrected chi connectivity index (χ2v) is 4.33. The summed E-state index contributed by atoms with van der Waals surface area (Å²) in [7, 11) is 1.65. The van der Waals surface area contributed by atoms with Gasteiger partial charge < -0.3 is 15.4 Å². The smallest absolute Gasteiger partial charge is 0.270 e. The van der Waals surface area contributed by atoms with E-state index >= 15 is 0 Å². The van der Waals surface area contributed by atoms with Gasteiger partial charge in [-0.05, 0) is 18.2 Å². The molecule has 0 radical (unpaired) electrons. The topological polar surface area (TPSA) is 81.1 Å². The number of ether oxygens (including phenoxy) is 1. The van der Waals surface area contributed by atoms with Crippen molar-refractivity contribution in [2.45, 2.75) is 0 Å². The van der Waals surface area contributed by atoms with Gasteiger partial charge in [0.2, 0.25) is 0 Å². The highest BCUT2D eigenvalue weighted by Gasteiger charge is 2.08. The van der Waals surface area contributed by atoms with Crippen LogP contribution in [0.2, 0.25) is 0 Å². The minimum absolute atomic E-state index is 0. The van der Waals surface area contributed by atoms with E-state index in [1.807, 2.05) is 0 Å². The number of nitrogens with zero attached hydrogens (tertiary/aromatic N) is 3. The molecular formula is C14H21Cl2N5O2. The Morgan fingerprint density at radius 2 is 2.04 bits per heavy atom. The molecule has 7 nitrogen and oxygen atoms in total. The van der Waals surface area contributed by atoms with Gasteiger partial charge in [-0.3, -0.25) is 4.79 Å². The number of rotatable bonds is 8. The molecule has 2 aromatic heterocycles. The van der Waals surface area contributed by atoms with Gasteiger partial charge in [-0.25, -0.2) is 9.67 Å². The summed E-state index contributed by atoms with van der Waals surface area (Å²) in [5.74, 6) is 0.420. The zero-order valence-corrected chi connectivity index (χ0v) is 14.4. The molecular weight excluding hydrogens is 341 g/mol. The molecule has 2 N–H and O–H groups in total. The lowest BCUT2D eigenvalue weighted by molar-refractivity contribution is 0.0948. The first-order valence-corrected chi connectivity index (χ1v) is 6.76. The van der Waals surface area contributed by atoms with E-state index < -0.39 is 0 Å². The maximum atomic E-state index is 12.0. The summed E-state index contributed by atoms with van der Waals surface area (Å²) in [6.45, 7) is 2.64. The van der Waals surface area contributed by atoms with Gasteiger partial charge in [0.25, 0.3) is 5.91 Å². The maximum Gasteiger partial charge on any atom is 0.270 e. The second kappa shape index (κ2) is 11.8. The number of halogens is 2. The van der Waals surface area contributed by atoms with Crippen molar-refractivity contribution in [1.82, 2.24) is 25.4 Å². The van der Waals surface area contributed by atoms with E-state index in [0.717, 1.165) is 6.54 Å². The minimum Gasteiger partial charge on any atom is -0.383 e. The van der Waals surface area contributed by atoms with Crippen molar-refractivity contribution < 1.29 is 9.53 Å². The van der Waals surface area contributed by atoms with Crippen molar-refractivity contribution in [2.75, 3.05) is 33.4 Å². The highest BCUT2D eigenvalue weighted by Crippen LogP contribution is 2.04. The molecule has 2 aromatic rings. The van der Waals surface area contributed by atoms with E-state index in [4.69, 9.17) is 4.74 Å². The third-order valence-corrected chi connectivity index (χ3v) is 2.78. The molecule has 0 saturated carbocycles. The van der Waals surface area contributed by atoms with Crippen LogP contribution in [0.1, 0.15) is 10.5 Å². The van der Waals surface area contributed by atoms with Crippen LogP contribution in [0.25, 0.3) is 5.82 Å².